The van der Waals surface area contributed by atoms with Crippen LogP contribution in [0, 0.1) is 0 Å². The number of fused-ring (bicyclic) bond motifs is 1. The SMILES string of the molecule is Nn1c(SCc2cc(OCC(F)(F)C(F)(F)C(F)(F)F)ccn2)nc2cscc21. The van der Waals surface area contributed by atoms with Crippen molar-refractivity contribution in [1.29, 1.82) is 0 Å². The Hall–Kier alpha value is -2.22. The van der Waals surface area contributed by atoms with Crippen LogP contribution in [0.2, 0.25) is 0 Å². The predicted octanol–water partition coefficient (Wildman–Crippen LogP) is 4.71. The van der Waals surface area contributed by atoms with Crippen LogP contribution < -0.4 is 10.6 Å². The number of rotatable bonds is 7. The molecule has 0 bridgehead atoms. The van der Waals surface area contributed by atoms with Crippen molar-refractivity contribution in [3.05, 3.63) is 34.8 Å². The number of aromatic nitrogens is 3. The number of hydrogen-bond donors (Lipinski definition) is 1. The molecular weight excluding hydrogens is 449 g/mol. The fraction of sp³-hybridized carbons (Fsp3) is 0.333. The largest absolute Gasteiger partial charge is 0.487 e. The van der Waals surface area contributed by atoms with Gasteiger partial charge in [0, 0.05) is 28.8 Å². The molecule has 0 fully saturated rings. The molecule has 0 aliphatic heterocycles. The number of pyridine rings is 1. The minimum atomic E-state index is -6.41. The van der Waals surface area contributed by atoms with E-state index in [2.05, 4.69) is 14.7 Å². The van der Waals surface area contributed by atoms with Crippen molar-refractivity contribution < 1.29 is 35.5 Å². The van der Waals surface area contributed by atoms with Crippen molar-refractivity contribution in [2.24, 2.45) is 0 Å². The first-order valence-electron chi connectivity index (χ1n) is 7.65. The summed E-state index contributed by atoms with van der Waals surface area (Å²) in [5.41, 5.74) is 1.71. The van der Waals surface area contributed by atoms with Gasteiger partial charge in [-0.05, 0) is 6.07 Å². The van der Waals surface area contributed by atoms with E-state index in [-0.39, 0.29) is 11.5 Å². The van der Waals surface area contributed by atoms with Crippen LogP contribution in [0.3, 0.4) is 0 Å². The monoisotopic (exact) mass is 460 g/mol. The molecule has 158 valence electrons. The lowest BCUT2D eigenvalue weighted by molar-refractivity contribution is -0.358. The lowest BCUT2D eigenvalue weighted by Crippen LogP contribution is -2.54. The van der Waals surface area contributed by atoms with Crippen LogP contribution in [0.5, 0.6) is 5.75 Å². The number of nitrogens with zero attached hydrogens (tertiary/aromatic N) is 3. The molecule has 29 heavy (non-hydrogen) atoms. The fourth-order valence-corrected chi connectivity index (χ4v) is 3.71. The first kappa shape index (κ1) is 21.5. The molecular formula is C15H11F7N4OS2. The minimum absolute atomic E-state index is 0.173. The van der Waals surface area contributed by atoms with Gasteiger partial charge in [0.2, 0.25) is 0 Å². The molecule has 0 saturated carbocycles. The molecule has 3 aromatic rings. The Bertz CT molecular complexity index is 1000. The van der Waals surface area contributed by atoms with Crippen LogP contribution in [0.25, 0.3) is 11.0 Å². The van der Waals surface area contributed by atoms with Gasteiger partial charge in [-0.3, -0.25) is 4.98 Å². The molecule has 0 unspecified atom stereocenters. The Morgan fingerprint density at radius 3 is 2.52 bits per heavy atom. The van der Waals surface area contributed by atoms with E-state index in [0.717, 1.165) is 23.8 Å². The van der Waals surface area contributed by atoms with Crippen LogP contribution in [-0.4, -0.2) is 39.3 Å². The van der Waals surface area contributed by atoms with Crippen molar-refractivity contribution in [2.75, 3.05) is 12.4 Å². The zero-order valence-electron chi connectivity index (χ0n) is 14.1. The van der Waals surface area contributed by atoms with Gasteiger partial charge in [-0.1, -0.05) is 11.8 Å². The first-order valence-corrected chi connectivity index (χ1v) is 9.58. The molecule has 0 aliphatic carbocycles. The third-order valence-electron chi connectivity index (χ3n) is 3.68. The number of halogens is 7. The van der Waals surface area contributed by atoms with E-state index in [1.54, 1.807) is 10.8 Å². The van der Waals surface area contributed by atoms with E-state index in [0.29, 0.717) is 16.4 Å². The van der Waals surface area contributed by atoms with Crippen molar-refractivity contribution in [3.63, 3.8) is 0 Å². The van der Waals surface area contributed by atoms with E-state index in [9.17, 15) is 30.7 Å². The molecule has 14 heteroatoms. The standard InChI is InChI=1S/C15H11F7N4OS2/c16-13(17,14(18,19)15(20,21)22)7-27-9-1-2-24-8(3-9)4-29-12-25-10-5-28-6-11(10)26(12)23/h1-3,5-6H,4,7,23H2. The van der Waals surface area contributed by atoms with Gasteiger partial charge in [-0.15, -0.1) is 11.3 Å². The van der Waals surface area contributed by atoms with Gasteiger partial charge < -0.3 is 10.6 Å². The first-order chi connectivity index (χ1) is 13.4. The highest BCUT2D eigenvalue weighted by atomic mass is 32.2. The Kier molecular flexibility index (Phi) is 5.60. The molecule has 0 radical (unpaired) electrons. The van der Waals surface area contributed by atoms with Crippen molar-refractivity contribution in [3.8, 4) is 5.75 Å². The average molecular weight is 460 g/mol. The number of ether oxygens (including phenoxy) is 1. The third-order valence-corrected chi connectivity index (χ3v) is 5.38. The molecule has 3 heterocycles. The number of thiophene rings is 1. The van der Waals surface area contributed by atoms with Crippen LogP contribution in [0.1, 0.15) is 5.69 Å². The molecule has 0 aliphatic rings. The number of hydrogen-bond acceptors (Lipinski definition) is 6. The summed E-state index contributed by atoms with van der Waals surface area (Å²) in [6, 6.07) is 2.22. The van der Waals surface area contributed by atoms with Crippen molar-refractivity contribution in [1.82, 2.24) is 14.6 Å². The molecule has 5 nitrogen and oxygen atoms in total. The second-order valence-corrected chi connectivity index (χ2v) is 7.43. The highest BCUT2D eigenvalue weighted by molar-refractivity contribution is 7.98. The number of nitrogens with two attached hydrogens (primary N) is 1. The molecule has 0 saturated heterocycles. The number of nitrogen functional groups attached to an aromatic ring is 1. The number of imidazole rings is 1. The molecule has 0 spiro atoms. The summed E-state index contributed by atoms with van der Waals surface area (Å²) in [5, 5.41) is 4.05. The fourth-order valence-electron chi connectivity index (χ4n) is 2.14. The second kappa shape index (κ2) is 7.55. The van der Waals surface area contributed by atoms with Gasteiger partial charge >= 0.3 is 18.0 Å². The summed E-state index contributed by atoms with van der Waals surface area (Å²) in [5.74, 6) is -5.93. The molecule has 0 atom stereocenters. The Morgan fingerprint density at radius 1 is 1.14 bits per heavy atom. The van der Waals surface area contributed by atoms with Gasteiger partial charge in [0.25, 0.3) is 0 Å². The van der Waals surface area contributed by atoms with Gasteiger partial charge in [-0.25, -0.2) is 9.66 Å². The van der Waals surface area contributed by atoms with Gasteiger partial charge in [0.1, 0.15) is 16.8 Å². The number of alkyl halides is 7. The van der Waals surface area contributed by atoms with Crippen LogP contribution in [0.4, 0.5) is 30.7 Å². The highest BCUT2D eigenvalue weighted by Crippen LogP contribution is 2.46. The summed E-state index contributed by atoms with van der Waals surface area (Å²) in [4.78, 5) is 8.26. The molecule has 0 aromatic carbocycles. The van der Waals surface area contributed by atoms with E-state index in [1.165, 1.54) is 27.8 Å². The summed E-state index contributed by atoms with van der Waals surface area (Å²) >= 11 is 2.59. The van der Waals surface area contributed by atoms with Gasteiger partial charge in [0.05, 0.1) is 5.69 Å². The maximum absolute atomic E-state index is 13.3. The summed E-state index contributed by atoms with van der Waals surface area (Å²) in [7, 11) is 0. The van der Waals surface area contributed by atoms with Crippen LogP contribution in [0.15, 0.2) is 34.2 Å². The zero-order chi connectivity index (χ0) is 21.4. The maximum Gasteiger partial charge on any atom is 0.460 e. The van der Waals surface area contributed by atoms with Crippen LogP contribution in [-0.2, 0) is 5.75 Å². The smallest absolute Gasteiger partial charge is 0.460 e. The quantitative estimate of drug-likeness (QED) is 0.314. The molecule has 2 N–H and O–H groups in total. The molecule has 3 rings (SSSR count). The highest BCUT2D eigenvalue weighted by Gasteiger charge is 2.73. The predicted molar refractivity (Wildman–Crippen MR) is 93.0 cm³/mol. The third kappa shape index (κ3) is 4.22. The lowest BCUT2D eigenvalue weighted by Gasteiger charge is -2.27. The maximum atomic E-state index is 13.3. The minimum Gasteiger partial charge on any atom is -0.487 e. The Labute approximate surface area is 166 Å². The molecule has 0 amide bonds. The summed E-state index contributed by atoms with van der Waals surface area (Å²) < 4.78 is 94.8. The van der Waals surface area contributed by atoms with Gasteiger partial charge in [0.15, 0.2) is 11.8 Å². The Morgan fingerprint density at radius 2 is 1.86 bits per heavy atom. The van der Waals surface area contributed by atoms with E-state index < -0.39 is 24.6 Å². The van der Waals surface area contributed by atoms with E-state index >= 15 is 0 Å². The zero-order valence-corrected chi connectivity index (χ0v) is 15.7. The average Bonchev–Trinajstić information content (AvgIpc) is 3.21. The van der Waals surface area contributed by atoms with E-state index in [1.807, 2.05) is 0 Å². The lowest BCUT2D eigenvalue weighted by atomic mass is 10.2. The van der Waals surface area contributed by atoms with Crippen molar-refractivity contribution >= 4 is 34.1 Å². The normalized spacial score (nSPS) is 13.2. The van der Waals surface area contributed by atoms with Crippen LogP contribution >= 0.6 is 23.1 Å². The summed E-state index contributed by atoms with van der Waals surface area (Å²) in [6.07, 6.45) is -5.25. The molecule has 3 aromatic heterocycles. The summed E-state index contributed by atoms with van der Waals surface area (Å²) in [6.45, 7) is -2.15. The van der Waals surface area contributed by atoms with Crippen molar-refractivity contribution in [2.45, 2.75) is 28.9 Å². The topological polar surface area (TPSA) is 66.0 Å². The van der Waals surface area contributed by atoms with Gasteiger partial charge in [-0.2, -0.15) is 30.7 Å². The number of thioether (sulfide) groups is 1. The Balaban J connectivity index is 1.65. The van der Waals surface area contributed by atoms with E-state index in [4.69, 9.17) is 5.84 Å². The second-order valence-electron chi connectivity index (χ2n) is 5.74.